The molecule has 0 fully saturated rings. The van der Waals surface area contributed by atoms with Crippen molar-refractivity contribution in [1.82, 2.24) is 0 Å². The largest absolute Gasteiger partial charge is 0.290 e. The number of rotatable bonds is 0. The molecule has 0 amide bonds. The maximum Gasteiger partial charge on any atom is 0.178 e. The fraction of sp³-hybridized carbons (Fsp3) is 0. The van der Waals surface area contributed by atoms with Crippen LogP contribution < -0.4 is 0 Å². The van der Waals surface area contributed by atoms with Crippen LogP contribution in [0, 0.1) is 0 Å². The van der Waals surface area contributed by atoms with Crippen LogP contribution in [0.2, 0.25) is 0 Å². The van der Waals surface area contributed by atoms with Gasteiger partial charge >= 0.3 is 0 Å². The molecule has 0 unspecified atom stereocenters. The second-order valence-electron chi connectivity index (χ2n) is 1.58. The lowest BCUT2D eigenvalue weighted by Crippen LogP contribution is -1.97. The number of halogens is 1. The van der Waals surface area contributed by atoms with E-state index in [1.807, 2.05) is 0 Å². The highest BCUT2D eigenvalue weighted by molar-refractivity contribution is 6.26. The SMILES string of the molecule is O=C1C=CC(=NCl)C=C1. The predicted octanol–water partition coefficient (Wildman–Crippen LogP) is 1.28. The van der Waals surface area contributed by atoms with Crippen molar-refractivity contribution in [2.45, 2.75) is 0 Å². The van der Waals surface area contributed by atoms with Crippen molar-refractivity contribution < 1.29 is 4.79 Å². The van der Waals surface area contributed by atoms with Crippen molar-refractivity contribution >= 4 is 23.3 Å². The van der Waals surface area contributed by atoms with Gasteiger partial charge < -0.3 is 0 Å². The summed E-state index contributed by atoms with van der Waals surface area (Å²) >= 11 is 5.10. The standard InChI is InChI=1S/C6H4ClNO/c7-8-5-1-3-6(9)4-2-5/h1-4H. The fourth-order valence-corrected chi connectivity index (χ4v) is 0.615. The van der Waals surface area contributed by atoms with Gasteiger partial charge in [-0.05, 0) is 24.3 Å². The molecule has 1 rings (SSSR count). The molecule has 0 aliphatic heterocycles. The van der Waals surface area contributed by atoms with E-state index in [1.54, 1.807) is 12.2 Å². The number of hydrogen-bond donors (Lipinski definition) is 0. The summed E-state index contributed by atoms with van der Waals surface area (Å²) in [6.07, 6.45) is 5.97. The van der Waals surface area contributed by atoms with Gasteiger partial charge in [0.05, 0.1) is 5.71 Å². The van der Waals surface area contributed by atoms with Crippen molar-refractivity contribution in [2.75, 3.05) is 0 Å². The lowest BCUT2D eigenvalue weighted by Gasteiger charge is -1.92. The Morgan fingerprint density at radius 1 is 1.22 bits per heavy atom. The number of carbonyl (C=O) groups is 1. The molecule has 0 heterocycles. The summed E-state index contributed by atoms with van der Waals surface area (Å²) in [6.45, 7) is 0. The monoisotopic (exact) mass is 141 g/mol. The zero-order chi connectivity index (χ0) is 6.69. The summed E-state index contributed by atoms with van der Waals surface area (Å²) in [5, 5.41) is 0. The summed E-state index contributed by atoms with van der Waals surface area (Å²) in [7, 11) is 0. The molecule has 1 aliphatic rings. The van der Waals surface area contributed by atoms with Crippen molar-refractivity contribution in [3.05, 3.63) is 24.3 Å². The summed E-state index contributed by atoms with van der Waals surface area (Å²) in [4.78, 5) is 10.5. The zero-order valence-electron chi connectivity index (χ0n) is 4.54. The van der Waals surface area contributed by atoms with Gasteiger partial charge in [-0.2, -0.15) is 4.51 Å². The van der Waals surface area contributed by atoms with Gasteiger partial charge in [0.25, 0.3) is 0 Å². The Labute approximate surface area is 57.7 Å². The van der Waals surface area contributed by atoms with E-state index in [2.05, 4.69) is 4.51 Å². The number of ketones is 1. The van der Waals surface area contributed by atoms with E-state index < -0.39 is 0 Å². The van der Waals surface area contributed by atoms with Gasteiger partial charge in [-0.25, -0.2) is 0 Å². The van der Waals surface area contributed by atoms with E-state index in [1.165, 1.54) is 12.2 Å². The van der Waals surface area contributed by atoms with E-state index in [0.717, 1.165) is 0 Å². The van der Waals surface area contributed by atoms with Crippen LogP contribution in [-0.2, 0) is 4.79 Å². The van der Waals surface area contributed by atoms with E-state index in [4.69, 9.17) is 11.8 Å². The van der Waals surface area contributed by atoms with E-state index >= 15 is 0 Å². The summed E-state index contributed by atoms with van der Waals surface area (Å²) < 4.78 is 3.34. The van der Waals surface area contributed by atoms with Gasteiger partial charge in [-0.15, -0.1) is 0 Å². The molecule has 0 radical (unpaired) electrons. The van der Waals surface area contributed by atoms with Gasteiger partial charge in [-0.1, -0.05) is 0 Å². The van der Waals surface area contributed by atoms with Gasteiger partial charge in [0.1, 0.15) is 0 Å². The molecule has 2 nitrogen and oxygen atoms in total. The number of allylic oxidation sites excluding steroid dienone is 4. The van der Waals surface area contributed by atoms with Crippen molar-refractivity contribution in [2.24, 2.45) is 4.51 Å². The predicted molar refractivity (Wildman–Crippen MR) is 36.6 cm³/mol. The van der Waals surface area contributed by atoms with E-state index in [0.29, 0.717) is 5.71 Å². The van der Waals surface area contributed by atoms with Gasteiger partial charge in [0, 0.05) is 11.8 Å². The lowest BCUT2D eigenvalue weighted by atomic mass is 10.2. The number of carbonyl (C=O) groups excluding carboxylic acids is 1. The lowest BCUT2D eigenvalue weighted by molar-refractivity contribution is -0.110. The second kappa shape index (κ2) is 2.60. The molecule has 0 bridgehead atoms. The first kappa shape index (κ1) is 6.23. The van der Waals surface area contributed by atoms with Crippen LogP contribution in [0.5, 0.6) is 0 Å². The van der Waals surface area contributed by atoms with Gasteiger partial charge in [0.2, 0.25) is 0 Å². The maximum atomic E-state index is 10.5. The molecule has 0 aromatic carbocycles. The van der Waals surface area contributed by atoms with Crippen LogP contribution in [0.25, 0.3) is 0 Å². The quantitative estimate of drug-likeness (QED) is 0.468. The number of hydrogen-bond acceptors (Lipinski definition) is 2. The highest BCUT2D eigenvalue weighted by Gasteiger charge is 1.97. The first-order valence-electron chi connectivity index (χ1n) is 2.42. The molecular weight excluding hydrogens is 138 g/mol. The third kappa shape index (κ3) is 1.50. The summed E-state index contributed by atoms with van der Waals surface area (Å²) in [5.41, 5.74) is 0.608. The van der Waals surface area contributed by atoms with Crippen LogP contribution >= 0.6 is 11.8 Å². The van der Waals surface area contributed by atoms with E-state index in [-0.39, 0.29) is 5.78 Å². The van der Waals surface area contributed by atoms with E-state index in [9.17, 15) is 4.79 Å². The molecule has 0 saturated carbocycles. The molecule has 0 saturated heterocycles. The smallest absolute Gasteiger partial charge is 0.178 e. The highest BCUT2D eigenvalue weighted by Crippen LogP contribution is 1.96. The molecule has 0 aromatic rings. The Balaban J connectivity index is 2.82. The minimum atomic E-state index is -0.0286. The van der Waals surface area contributed by atoms with Gasteiger partial charge in [0.15, 0.2) is 5.78 Å². The Morgan fingerprint density at radius 3 is 2.22 bits per heavy atom. The normalized spacial score (nSPS) is 16.6. The molecule has 1 aliphatic carbocycles. The van der Waals surface area contributed by atoms with Crippen LogP contribution in [0.3, 0.4) is 0 Å². The Hall–Kier alpha value is -0.890. The molecule has 0 aromatic heterocycles. The Bertz CT molecular complexity index is 197. The van der Waals surface area contributed by atoms with Crippen molar-refractivity contribution in [3.63, 3.8) is 0 Å². The first-order chi connectivity index (χ1) is 4.33. The maximum absolute atomic E-state index is 10.5. The fourth-order valence-electron chi connectivity index (χ4n) is 0.502. The Morgan fingerprint density at radius 2 is 1.78 bits per heavy atom. The molecule has 3 heteroatoms. The zero-order valence-corrected chi connectivity index (χ0v) is 5.30. The molecular formula is C6H4ClNO. The topological polar surface area (TPSA) is 29.4 Å². The minimum absolute atomic E-state index is 0.0286. The molecule has 46 valence electrons. The molecule has 0 atom stereocenters. The highest BCUT2D eigenvalue weighted by atomic mass is 35.5. The molecule has 0 spiro atoms. The Kier molecular flexibility index (Phi) is 1.80. The average molecular weight is 142 g/mol. The van der Waals surface area contributed by atoms with Crippen LogP contribution in [0.15, 0.2) is 28.8 Å². The second-order valence-corrected chi connectivity index (χ2v) is 1.75. The van der Waals surface area contributed by atoms with Crippen molar-refractivity contribution in [3.8, 4) is 0 Å². The number of nitrogens with zero attached hydrogens (tertiary/aromatic N) is 1. The first-order valence-corrected chi connectivity index (χ1v) is 2.76. The van der Waals surface area contributed by atoms with Crippen LogP contribution in [0.1, 0.15) is 0 Å². The average Bonchev–Trinajstić information content (AvgIpc) is 1.90. The molecule has 9 heavy (non-hydrogen) atoms. The van der Waals surface area contributed by atoms with Crippen LogP contribution in [0.4, 0.5) is 0 Å². The summed E-state index contributed by atoms with van der Waals surface area (Å²) in [6, 6.07) is 0. The van der Waals surface area contributed by atoms with Gasteiger partial charge in [-0.3, -0.25) is 4.79 Å². The van der Waals surface area contributed by atoms with Crippen LogP contribution in [-0.4, -0.2) is 11.5 Å². The third-order valence-corrected chi connectivity index (χ3v) is 1.13. The minimum Gasteiger partial charge on any atom is -0.290 e. The summed E-state index contributed by atoms with van der Waals surface area (Å²) in [5.74, 6) is -0.0286. The third-order valence-electron chi connectivity index (χ3n) is 0.934. The molecule has 0 N–H and O–H groups in total. The van der Waals surface area contributed by atoms with Crippen molar-refractivity contribution in [1.29, 1.82) is 0 Å².